The molecule has 0 aromatic carbocycles. The molecule has 0 spiro atoms. The van der Waals surface area contributed by atoms with Crippen LogP contribution in [0.1, 0.15) is 47.4 Å². The number of fused-ring (bicyclic) bond motifs is 1. The van der Waals surface area contributed by atoms with Gasteiger partial charge in [0.2, 0.25) is 0 Å². The van der Waals surface area contributed by atoms with Gasteiger partial charge in [0.25, 0.3) is 11.6 Å². The van der Waals surface area contributed by atoms with Gasteiger partial charge in [-0.25, -0.2) is 9.97 Å². The third-order valence-corrected chi connectivity index (χ3v) is 6.30. The van der Waals surface area contributed by atoms with Crippen molar-refractivity contribution in [2.24, 2.45) is 0 Å². The maximum absolute atomic E-state index is 13.2. The molecule has 8 nitrogen and oxygen atoms in total. The zero-order chi connectivity index (χ0) is 21.2. The van der Waals surface area contributed by atoms with Crippen molar-refractivity contribution in [1.82, 2.24) is 20.0 Å². The summed E-state index contributed by atoms with van der Waals surface area (Å²) in [5, 5.41) is 10.1. The Balaban J connectivity index is 1.38. The lowest BCUT2D eigenvalue weighted by Crippen LogP contribution is -2.24. The first kappa shape index (κ1) is 19.9. The first-order valence-corrected chi connectivity index (χ1v) is 11.3. The van der Waals surface area contributed by atoms with Crippen molar-refractivity contribution < 1.29 is 13.7 Å². The fourth-order valence-corrected chi connectivity index (χ4v) is 4.65. The molecule has 1 aliphatic heterocycles. The third-order valence-electron chi connectivity index (χ3n) is 5.49. The number of aryl methyl sites for hydroxylation is 1. The SMILES string of the molecule is Cc1noc2nc(-c3ccco3)cc(C(=O)Nc3nc(CN4CCCCCC4)cs3)c12. The Bertz CT molecular complexity index is 1190. The highest BCUT2D eigenvalue weighted by atomic mass is 32.1. The monoisotopic (exact) mass is 437 g/mol. The van der Waals surface area contributed by atoms with E-state index in [1.807, 2.05) is 5.38 Å². The summed E-state index contributed by atoms with van der Waals surface area (Å²) in [5.74, 6) is 0.279. The van der Waals surface area contributed by atoms with Gasteiger partial charge in [0.05, 0.1) is 28.6 Å². The highest BCUT2D eigenvalue weighted by Gasteiger charge is 2.21. The van der Waals surface area contributed by atoms with E-state index >= 15 is 0 Å². The summed E-state index contributed by atoms with van der Waals surface area (Å²) < 4.78 is 10.8. The first-order chi connectivity index (χ1) is 15.2. The number of aromatic nitrogens is 3. The molecule has 0 radical (unpaired) electrons. The van der Waals surface area contributed by atoms with Crippen LogP contribution < -0.4 is 5.32 Å². The highest BCUT2D eigenvalue weighted by molar-refractivity contribution is 7.14. The Kier molecular flexibility index (Phi) is 5.52. The molecule has 1 amide bonds. The Morgan fingerprint density at radius 3 is 2.84 bits per heavy atom. The van der Waals surface area contributed by atoms with Crippen molar-refractivity contribution in [2.45, 2.75) is 39.2 Å². The number of thiazole rings is 1. The fourth-order valence-electron chi connectivity index (χ4n) is 3.95. The molecule has 31 heavy (non-hydrogen) atoms. The molecule has 5 rings (SSSR count). The fraction of sp³-hybridized carbons (Fsp3) is 0.364. The van der Waals surface area contributed by atoms with Gasteiger partial charge in [-0.15, -0.1) is 11.3 Å². The van der Waals surface area contributed by atoms with Crippen molar-refractivity contribution in [3.63, 3.8) is 0 Å². The Morgan fingerprint density at radius 1 is 1.23 bits per heavy atom. The van der Waals surface area contributed by atoms with Crippen LogP contribution in [-0.4, -0.2) is 39.0 Å². The number of anilines is 1. The molecule has 0 atom stereocenters. The van der Waals surface area contributed by atoms with Gasteiger partial charge in [-0.2, -0.15) is 0 Å². The van der Waals surface area contributed by atoms with E-state index in [9.17, 15) is 4.79 Å². The highest BCUT2D eigenvalue weighted by Crippen LogP contribution is 2.28. The molecule has 160 valence electrons. The molecule has 1 saturated heterocycles. The molecule has 4 aromatic heterocycles. The third kappa shape index (κ3) is 4.24. The van der Waals surface area contributed by atoms with Crippen LogP contribution in [-0.2, 0) is 6.54 Å². The van der Waals surface area contributed by atoms with E-state index < -0.39 is 0 Å². The van der Waals surface area contributed by atoms with E-state index in [0.717, 1.165) is 25.3 Å². The summed E-state index contributed by atoms with van der Waals surface area (Å²) in [6, 6.07) is 5.26. The number of carbonyl (C=O) groups excluding carboxylic acids is 1. The summed E-state index contributed by atoms with van der Waals surface area (Å²) in [6.45, 7) is 4.83. The predicted octanol–water partition coefficient (Wildman–Crippen LogP) is 4.88. The van der Waals surface area contributed by atoms with Crippen LogP contribution in [0.5, 0.6) is 0 Å². The van der Waals surface area contributed by atoms with Crippen LogP contribution in [0.4, 0.5) is 5.13 Å². The summed E-state index contributed by atoms with van der Waals surface area (Å²) in [6.07, 6.45) is 6.65. The molecule has 0 saturated carbocycles. The van der Waals surface area contributed by atoms with Crippen molar-refractivity contribution in [1.29, 1.82) is 0 Å². The van der Waals surface area contributed by atoms with Gasteiger partial charge in [0, 0.05) is 11.9 Å². The minimum atomic E-state index is -0.276. The van der Waals surface area contributed by atoms with E-state index in [1.165, 1.54) is 37.0 Å². The van der Waals surface area contributed by atoms with Crippen LogP contribution in [0.3, 0.4) is 0 Å². The number of nitrogens with zero attached hydrogens (tertiary/aromatic N) is 4. The van der Waals surface area contributed by atoms with Crippen molar-refractivity contribution >= 4 is 33.5 Å². The maximum atomic E-state index is 13.2. The number of carbonyl (C=O) groups is 1. The zero-order valence-electron chi connectivity index (χ0n) is 17.3. The summed E-state index contributed by atoms with van der Waals surface area (Å²) in [5.41, 5.74) is 2.84. The zero-order valence-corrected chi connectivity index (χ0v) is 18.1. The average Bonchev–Trinajstić information content (AvgIpc) is 3.48. The normalized spacial score (nSPS) is 15.3. The molecule has 5 heterocycles. The van der Waals surface area contributed by atoms with Crippen LogP contribution in [0.25, 0.3) is 22.6 Å². The number of nitrogens with one attached hydrogen (secondary N) is 1. The second-order valence-electron chi connectivity index (χ2n) is 7.77. The van der Waals surface area contributed by atoms with E-state index in [2.05, 4.69) is 25.3 Å². The summed E-state index contributed by atoms with van der Waals surface area (Å²) in [4.78, 5) is 24.7. The molecule has 1 aliphatic rings. The molecule has 1 N–H and O–H groups in total. The lowest BCUT2D eigenvalue weighted by molar-refractivity contribution is 0.102. The molecule has 0 bridgehead atoms. The van der Waals surface area contributed by atoms with Gasteiger partial charge < -0.3 is 8.94 Å². The van der Waals surface area contributed by atoms with Gasteiger partial charge in [0.15, 0.2) is 10.9 Å². The number of hydrogen-bond donors (Lipinski definition) is 1. The number of hydrogen-bond acceptors (Lipinski definition) is 8. The molecule has 0 unspecified atom stereocenters. The van der Waals surface area contributed by atoms with E-state index in [4.69, 9.17) is 8.94 Å². The van der Waals surface area contributed by atoms with Crippen molar-refractivity contribution in [3.8, 4) is 11.5 Å². The van der Waals surface area contributed by atoms with Crippen LogP contribution in [0, 0.1) is 6.92 Å². The van der Waals surface area contributed by atoms with Gasteiger partial charge in [-0.05, 0) is 51.1 Å². The number of likely N-dealkylation sites (tertiary alicyclic amines) is 1. The molecule has 1 fully saturated rings. The second kappa shape index (κ2) is 8.60. The van der Waals surface area contributed by atoms with Crippen LogP contribution in [0.15, 0.2) is 38.8 Å². The minimum Gasteiger partial charge on any atom is -0.463 e. The lowest BCUT2D eigenvalue weighted by Gasteiger charge is -2.17. The van der Waals surface area contributed by atoms with Crippen molar-refractivity contribution in [2.75, 3.05) is 18.4 Å². The predicted molar refractivity (Wildman–Crippen MR) is 118 cm³/mol. The van der Waals surface area contributed by atoms with E-state index in [0.29, 0.717) is 38.9 Å². The Hall–Kier alpha value is -3.04. The molecule has 0 aliphatic carbocycles. The molecular formula is C22H23N5O3S. The first-order valence-electron chi connectivity index (χ1n) is 10.5. The summed E-state index contributed by atoms with van der Waals surface area (Å²) >= 11 is 1.44. The number of rotatable bonds is 5. The van der Waals surface area contributed by atoms with Gasteiger partial charge >= 0.3 is 0 Å². The molecule has 9 heteroatoms. The van der Waals surface area contributed by atoms with Crippen LogP contribution >= 0.6 is 11.3 Å². The topological polar surface area (TPSA) is 97.3 Å². The van der Waals surface area contributed by atoms with Gasteiger partial charge in [-0.3, -0.25) is 15.0 Å². The van der Waals surface area contributed by atoms with Crippen molar-refractivity contribution in [3.05, 3.63) is 46.8 Å². The second-order valence-corrected chi connectivity index (χ2v) is 8.63. The van der Waals surface area contributed by atoms with Gasteiger partial charge in [-0.1, -0.05) is 18.0 Å². The average molecular weight is 438 g/mol. The molecular weight excluding hydrogens is 414 g/mol. The maximum Gasteiger partial charge on any atom is 0.259 e. The Morgan fingerprint density at radius 2 is 2.06 bits per heavy atom. The standard InChI is InChI=1S/C22H23N5O3S/c1-14-19-16(11-17(18-7-6-10-29-18)24-21(19)30-26-14)20(28)25-22-23-15(13-31-22)12-27-8-4-2-3-5-9-27/h6-7,10-11,13H,2-5,8-9,12H2,1H3,(H,23,25,28). The van der Waals surface area contributed by atoms with Crippen LogP contribution in [0.2, 0.25) is 0 Å². The van der Waals surface area contributed by atoms with Gasteiger partial charge in [0.1, 0.15) is 5.69 Å². The number of pyridine rings is 1. The number of amides is 1. The largest absolute Gasteiger partial charge is 0.463 e. The summed E-state index contributed by atoms with van der Waals surface area (Å²) in [7, 11) is 0. The van der Waals surface area contributed by atoms with E-state index in [-0.39, 0.29) is 5.91 Å². The molecule has 4 aromatic rings. The smallest absolute Gasteiger partial charge is 0.259 e. The quantitative estimate of drug-likeness (QED) is 0.475. The Labute approximate surface area is 183 Å². The van der Waals surface area contributed by atoms with E-state index in [1.54, 1.807) is 31.4 Å². The number of furan rings is 1. The lowest BCUT2D eigenvalue weighted by atomic mass is 10.1. The minimum absolute atomic E-state index is 0.276.